The van der Waals surface area contributed by atoms with Crippen molar-refractivity contribution in [1.29, 1.82) is 0 Å². The number of benzene rings is 3. The molecule has 0 aliphatic heterocycles. The van der Waals surface area contributed by atoms with Gasteiger partial charge in [-0.05, 0) is 95.4 Å². The van der Waals surface area contributed by atoms with Crippen LogP contribution in [-0.2, 0) is 24.2 Å². The molecule has 0 N–H and O–H groups in total. The minimum Gasteiger partial charge on any atom is -0.459 e. The molecule has 7 rings (SSSR count). The van der Waals surface area contributed by atoms with Crippen molar-refractivity contribution in [2.45, 2.75) is 57.0 Å². The van der Waals surface area contributed by atoms with Gasteiger partial charge in [-0.3, -0.25) is 0 Å². The average molecular weight is 499 g/mol. The number of halogens is 2. The van der Waals surface area contributed by atoms with Crippen molar-refractivity contribution in [1.82, 2.24) is 0 Å². The Morgan fingerprint density at radius 3 is 2.06 bits per heavy atom. The van der Waals surface area contributed by atoms with Gasteiger partial charge >= 0.3 is 12.1 Å². The van der Waals surface area contributed by atoms with E-state index in [0.29, 0.717) is 11.8 Å². The highest BCUT2D eigenvalue weighted by Crippen LogP contribution is 2.67. The van der Waals surface area contributed by atoms with E-state index in [1.807, 2.05) is 0 Å². The Morgan fingerprint density at radius 2 is 1.51 bits per heavy atom. The first-order valence-corrected chi connectivity index (χ1v) is 12.6. The normalized spacial score (nSPS) is 29.7. The summed E-state index contributed by atoms with van der Waals surface area (Å²) in [6.45, 7) is 2.15. The largest absolute Gasteiger partial charge is 0.483 e. The molecule has 3 aromatic rings. The molecule has 4 fully saturated rings. The number of esters is 1. The Labute approximate surface area is 208 Å². The average Bonchev–Trinajstić information content (AvgIpc) is 2.82. The van der Waals surface area contributed by atoms with Gasteiger partial charge in [-0.2, -0.15) is 13.1 Å². The maximum atomic E-state index is 13.8. The van der Waals surface area contributed by atoms with Crippen LogP contribution in [0.3, 0.4) is 0 Å². The summed E-state index contributed by atoms with van der Waals surface area (Å²) in [5.74, 6) is -0.750. The Balaban J connectivity index is 1.44. The minimum absolute atomic E-state index is 0.0339. The maximum absolute atomic E-state index is 13.8. The molecule has 0 heterocycles. The molecule has 4 aliphatic carbocycles. The molecule has 0 spiro atoms. The van der Waals surface area contributed by atoms with E-state index >= 15 is 0 Å². The van der Waals surface area contributed by atoms with Crippen LogP contribution >= 0.6 is 12.9 Å². The van der Waals surface area contributed by atoms with Gasteiger partial charge in [0.05, 0.1) is 6.61 Å². The predicted molar refractivity (Wildman–Crippen MR) is 132 cm³/mol. The van der Waals surface area contributed by atoms with Gasteiger partial charge in [0.1, 0.15) is 0 Å². The molecule has 4 aliphatic rings. The summed E-state index contributed by atoms with van der Waals surface area (Å²) >= 11 is 3.16. The molecule has 0 saturated heterocycles. The third-order valence-electron chi connectivity index (χ3n) is 8.80. The Morgan fingerprint density at radius 1 is 0.971 bits per heavy atom. The van der Waals surface area contributed by atoms with Crippen molar-refractivity contribution in [2.75, 3.05) is 6.61 Å². The number of carbonyl (C=O) groups excluding carboxylic acids is 1. The van der Waals surface area contributed by atoms with Crippen molar-refractivity contribution in [3.05, 3.63) is 59.7 Å². The highest BCUT2D eigenvalue weighted by molar-refractivity contribution is 7.74. The maximum Gasteiger partial charge on any atom is 0.483 e. The molecular weight excluding hydrogens is 470 g/mol. The molecule has 2 atom stereocenters. The molecule has 4 bridgehead atoms. The molecule has 3 aromatic carbocycles. The Hall–Kier alpha value is -2.22. The first-order chi connectivity index (χ1) is 16.8. The van der Waals surface area contributed by atoms with Crippen LogP contribution in [0.2, 0.25) is 0 Å². The number of hydrogen-bond donors (Lipinski definition) is 1. The van der Waals surface area contributed by atoms with Gasteiger partial charge < -0.3 is 4.74 Å². The van der Waals surface area contributed by atoms with E-state index < -0.39 is 12.1 Å². The quantitative estimate of drug-likeness (QED) is 0.0986. The summed E-state index contributed by atoms with van der Waals surface area (Å²) in [6.07, 6.45) is 1.77. The zero-order chi connectivity index (χ0) is 24.4. The predicted octanol–water partition coefficient (Wildman–Crippen LogP) is 7.07. The van der Waals surface area contributed by atoms with Gasteiger partial charge in [0.2, 0.25) is 0 Å². The molecule has 2 unspecified atom stereocenters. The van der Waals surface area contributed by atoms with Crippen LogP contribution in [0.15, 0.2) is 48.5 Å². The standard InChI is InChI=1S/C28H28F2O4S/c1-17-20-6-2-4-8-22(20)24(23-9-5-3-7-21(17)23)27-13-18-10-19(14-27)12-26(11-18,15-27)16-32-25(31)28(29,30)33-34-35/h2-9,18-19,35H,10-16H2,1H3. The first-order valence-electron chi connectivity index (χ1n) is 12.2. The second-order valence-corrected chi connectivity index (χ2v) is 11.2. The van der Waals surface area contributed by atoms with Crippen LogP contribution in [-0.4, -0.2) is 18.7 Å². The zero-order valence-electron chi connectivity index (χ0n) is 19.6. The van der Waals surface area contributed by atoms with E-state index in [1.165, 1.54) is 32.7 Å². The lowest BCUT2D eigenvalue weighted by Crippen LogP contribution is -2.56. The molecule has 35 heavy (non-hydrogen) atoms. The van der Waals surface area contributed by atoms with E-state index in [-0.39, 0.29) is 17.4 Å². The smallest absolute Gasteiger partial charge is 0.459 e. The van der Waals surface area contributed by atoms with Crippen LogP contribution in [0.4, 0.5) is 8.78 Å². The van der Waals surface area contributed by atoms with Crippen molar-refractivity contribution in [3.63, 3.8) is 0 Å². The number of aryl methyl sites for hydroxylation is 1. The molecular formula is C28H28F2O4S. The van der Waals surface area contributed by atoms with Crippen molar-refractivity contribution in [2.24, 2.45) is 17.3 Å². The number of fused-ring (bicyclic) bond motifs is 2. The van der Waals surface area contributed by atoms with Gasteiger partial charge in [0.25, 0.3) is 0 Å². The SMILES string of the molecule is Cc1c2ccccc2c(C23CC4CC(CC(COC(=O)C(F)(F)OOS)(C4)C2)C3)c2ccccc12. The number of thiol groups is 1. The molecule has 0 amide bonds. The highest BCUT2D eigenvalue weighted by atomic mass is 32.1. The molecule has 0 radical (unpaired) electrons. The molecule has 4 saturated carbocycles. The van der Waals surface area contributed by atoms with E-state index in [0.717, 1.165) is 38.5 Å². The van der Waals surface area contributed by atoms with E-state index in [1.54, 1.807) is 0 Å². The minimum atomic E-state index is -4.19. The Bertz CT molecular complexity index is 1250. The van der Waals surface area contributed by atoms with E-state index in [4.69, 9.17) is 4.74 Å². The number of ether oxygens (including phenoxy) is 1. The monoisotopic (exact) mass is 498 g/mol. The molecule has 0 aromatic heterocycles. The summed E-state index contributed by atoms with van der Waals surface area (Å²) in [5.41, 5.74) is 2.28. The van der Waals surface area contributed by atoms with Gasteiger partial charge in [-0.25, -0.2) is 4.79 Å². The fraction of sp³-hybridized carbons (Fsp3) is 0.464. The van der Waals surface area contributed by atoms with E-state index in [2.05, 4.69) is 77.6 Å². The van der Waals surface area contributed by atoms with Crippen LogP contribution in [0, 0.1) is 24.2 Å². The molecule has 4 nitrogen and oxygen atoms in total. The lowest BCUT2D eigenvalue weighted by Gasteiger charge is -2.62. The number of rotatable bonds is 6. The Kier molecular flexibility index (Phi) is 5.40. The lowest BCUT2D eigenvalue weighted by atomic mass is 9.42. The van der Waals surface area contributed by atoms with Gasteiger partial charge in [0.15, 0.2) is 0 Å². The van der Waals surface area contributed by atoms with Crippen molar-refractivity contribution < 1.29 is 27.5 Å². The van der Waals surface area contributed by atoms with Crippen molar-refractivity contribution >= 4 is 40.4 Å². The van der Waals surface area contributed by atoms with Crippen LogP contribution in [0.5, 0.6) is 0 Å². The second kappa shape index (κ2) is 8.15. The van der Waals surface area contributed by atoms with E-state index in [9.17, 15) is 13.6 Å². The van der Waals surface area contributed by atoms with Crippen LogP contribution < -0.4 is 0 Å². The lowest BCUT2D eigenvalue weighted by molar-refractivity contribution is -0.369. The van der Waals surface area contributed by atoms with Gasteiger partial charge in [-0.15, -0.1) is 4.89 Å². The third kappa shape index (κ3) is 3.66. The fourth-order valence-corrected chi connectivity index (χ4v) is 8.31. The highest BCUT2D eigenvalue weighted by Gasteiger charge is 2.59. The van der Waals surface area contributed by atoms with Crippen LogP contribution in [0.1, 0.15) is 49.7 Å². The summed E-state index contributed by atoms with van der Waals surface area (Å²) < 4.78 is 36.6. The number of carbonyl (C=O) groups is 1. The number of hydrogen-bond acceptors (Lipinski definition) is 5. The molecule has 184 valence electrons. The van der Waals surface area contributed by atoms with Gasteiger partial charge in [-0.1, -0.05) is 48.5 Å². The number of alkyl halides is 2. The fourth-order valence-electron chi connectivity index (χ4n) is 8.21. The zero-order valence-corrected chi connectivity index (χ0v) is 20.5. The summed E-state index contributed by atoms with van der Waals surface area (Å²) in [4.78, 5) is 15.8. The topological polar surface area (TPSA) is 44.8 Å². The summed E-state index contributed by atoms with van der Waals surface area (Å²) in [6, 6.07) is 17.2. The first kappa shape index (κ1) is 23.2. The molecule has 7 heteroatoms. The van der Waals surface area contributed by atoms with Gasteiger partial charge in [0, 0.05) is 18.3 Å². The summed E-state index contributed by atoms with van der Waals surface area (Å²) in [7, 11) is 0. The summed E-state index contributed by atoms with van der Waals surface area (Å²) in [5, 5.41) is 5.09. The van der Waals surface area contributed by atoms with Crippen molar-refractivity contribution in [3.8, 4) is 0 Å². The second-order valence-electron chi connectivity index (χ2n) is 11.1. The van der Waals surface area contributed by atoms with Crippen LogP contribution in [0.25, 0.3) is 21.5 Å². The third-order valence-corrected chi connectivity index (χ3v) is 8.88.